The topological polar surface area (TPSA) is 80.8 Å². The van der Waals surface area contributed by atoms with E-state index in [1.807, 2.05) is 0 Å². The zero-order valence-corrected chi connectivity index (χ0v) is 17.2. The van der Waals surface area contributed by atoms with Crippen molar-refractivity contribution >= 4 is 39.5 Å². The lowest BCUT2D eigenvalue weighted by Gasteiger charge is -2.37. The number of esters is 1. The molecule has 2 bridgehead atoms. The maximum atomic E-state index is 12.9. The number of benzene rings is 1. The van der Waals surface area contributed by atoms with E-state index < -0.39 is 5.97 Å². The molecule has 6 nitrogen and oxygen atoms in total. The molecule has 1 aromatic carbocycles. The summed E-state index contributed by atoms with van der Waals surface area (Å²) in [6.45, 7) is -0.338. The van der Waals surface area contributed by atoms with Crippen molar-refractivity contribution in [2.24, 2.45) is 35.5 Å². The van der Waals surface area contributed by atoms with Crippen LogP contribution in [0.1, 0.15) is 23.2 Å². The second-order valence-electron chi connectivity index (χ2n) is 8.32. The van der Waals surface area contributed by atoms with Crippen molar-refractivity contribution in [1.29, 1.82) is 0 Å². The first-order chi connectivity index (χ1) is 14.0. The fourth-order valence-corrected chi connectivity index (χ4v) is 5.64. The van der Waals surface area contributed by atoms with Gasteiger partial charge in [-0.3, -0.25) is 24.1 Å². The fraction of sp³-hybridized carbons (Fsp3) is 0.455. The minimum atomic E-state index is -0.588. The van der Waals surface area contributed by atoms with E-state index in [1.165, 1.54) is 4.90 Å². The van der Waals surface area contributed by atoms with E-state index in [1.54, 1.807) is 24.3 Å². The summed E-state index contributed by atoms with van der Waals surface area (Å²) >= 11 is 3.30. The molecule has 1 saturated heterocycles. The van der Waals surface area contributed by atoms with Crippen molar-refractivity contribution < 1.29 is 23.9 Å². The van der Waals surface area contributed by atoms with Crippen molar-refractivity contribution in [3.63, 3.8) is 0 Å². The number of carbonyl (C=O) groups is 4. The number of ketones is 1. The molecule has 2 saturated carbocycles. The molecule has 2 amide bonds. The van der Waals surface area contributed by atoms with Gasteiger partial charge in [-0.15, -0.1) is 0 Å². The molecule has 6 rings (SSSR count). The van der Waals surface area contributed by atoms with Crippen molar-refractivity contribution in [2.45, 2.75) is 12.8 Å². The first-order valence-corrected chi connectivity index (χ1v) is 10.7. The molecule has 4 aliphatic carbocycles. The van der Waals surface area contributed by atoms with Gasteiger partial charge in [0.1, 0.15) is 0 Å². The Labute approximate surface area is 176 Å². The number of carbonyl (C=O) groups excluding carboxylic acids is 4. The molecule has 150 valence electrons. The summed E-state index contributed by atoms with van der Waals surface area (Å²) in [7, 11) is 0. The first kappa shape index (κ1) is 18.7. The number of imide groups is 1. The zero-order valence-electron chi connectivity index (χ0n) is 15.6. The highest BCUT2D eigenvalue weighted by Crippen LogP contribution is 2.65. The summed E-state index contributed by atoms with van der Waals surface area (Å²) < 4.78 is 5.91. The monoisotopic (exact) mass is 457 g/mol. The van der Waals surface area contributed by atoms with Crippen LogP contribution in [0.3, 0.4) is 0 Å². The summed E-state index contributed by atoms with van der Waals surface area (Å²) in [5.74, 6) is -0.240. The number of ether oxygens (including phenoxy) is 1. The summed E-state index contributed by atoms with van der Waals surface area (Å²) in [6, 6.07) is 6.78. The highest BCUT2D eigenvalue weighted by Gasteiger charge is 2.66. The average molecular weight is 458 g/mol. The second kappa shape index (κ2) is 6.90. The largest absolute Gasteiger partial charge is 0.457 e. The van der Waals surface area contributed by atoms with Crippen molar-refractivity contribution in [3.05, 3.63) is 46.5 Å². The molecule has 1 aliphatic heterocycles. The molecule has 0 spiro atoms. The van der Waals surface area contributed by atoms with Gasteiger partial charge in [-0.1, -0.05) is 40.2 Å². The number of likely N-dealkylation sites (tertiary alicyclic amines) is 1. The molecule has 29 heavy (non-hydrogen) atoms. The van der Waals surface area contributed by atoms with E-state index >= 15 is 0 Å². The molecular formula is C22H20BrNO5. The van der Waals surface area contributed by atoms with Crippen molar-refractivity contribution in [2.75, 3.05) is 13.2 Å². The average Bonchev–Trinajstić information content (AvgIpc) is 3.50. The van der Waals surface area contributed by atoms with Crippen LogP contribution in [-0.2, 0) is 19.1 Å². The second-order valence-corrected chi connectivity index (χ2v) is 9.24. The summed E-state index contributed by atoms with van der Waals surface area (Å²) in [6.07, 6.45) is 5.27. The first-order valence-electron chi connectivity index (χ1n) is 9.93. The number of nitrogens with zero attached hydrogens (tertiary/aromatic N) is 1. The summed E-state index contributed by atoms with van der Waals surface area (Å²) in [5.41, 5.74) is 0.455. The Morgan fingerprint density at radius 2 is 1.59 bits per heavy atom. The van der Waals surface area contributed by atoms with Gasteiger partial charge in [0.25, 0.3) is 0 Å². The maximum Gasteiger partial charge on any atom is 0.308 e. The van der Waals surface area contributed by atoms with Gasteiger partial charge in [0.05, 0.1) is 18.3 Å². The van der Waals surface area contributed by atoms with E-state index in [9.17, 15) is 19.2 Å². The third kappa shape index (κ3) is 3.06. The van der Waals surface area contributed by atoms with Gasteiger partial charge in [0.15, 0.2) is 12.4 Å². The standard InChI is InChI=1S/C22H20BrNO5/c23-12-3-1-11(2-4-12)17(25)10-29-18(26)7-8-24-21(27)19-13-5-6-14(16-9-15(13)16)20(19)22(24)28/h1-6,13-16,19-20H,7-10H2/t13-,14-,15-,16-,19+,20+/m1/s1. The van der Waals surface area contributed by atoms with Gasteiger partial charge >= 0.3 is 5.97 Å². The van der Waals surface area contributed by atoms with E-state index in [4.69, 9.17) is 4.74 Å². The highest BCUT2D eigenvalue weighted by molar-refractivity contribution is 9.10. The molecule has 3 fully saturated rings. The van der Waals surface area contributed by atoms with Gasteiger partial charge in [-0.2, -0.15) is 0 Å². The Hall–Kier alpha value is -2.28. The minimum Gasteiger partial charge on any atom is -0.457 e. The van der Waals surface area contributed by atoms with Crippen LogP contribution >= 0.6 is 15.9 Å². The Balaban J connectivity index is 1.15. The van der Waals surface area contributed by atoms with Crippen LogP contribution in [0.4, 0.5) is 0 Å². The molecular weight excluding hydrogens is 438 g/mol. The lowest BCUT2D eigenvalue weighted by Crippen LogP contribution is -2.40. The summed E-state index contributed by atoms with van der Waals surface area (Å²) in [5, 5.41) is 0. The van der Waals surface area contributed by atoms with Gasteiger partial charge in [0.2, 0.25) is 11.8 Å². The van der Waals surface area contributed by atoms with Crippen LogP contribution in [0.15, 0.2) is 40.9 Å². The van der Waals surface area contributed by atoms with Gasteiger partial charge in [-0.05, 0) is 42.2 Å². The van der Waals surface area contributed by atoms with Crippen LogP contribution in [0.2, 0.25) is 0 Å². The quantitative estimate of drug-likeness (QED) is 0.284. The predicted octanol–water partition coefficient (Wildman–Crippen LogP) is 2.62. The van der Waals surface area contributed by atoms with E-state index in [-0.39, 0.29) is 60.8 Å². The van der Waals surface area contributed by atoms with E-state index in [0.717, 1.165) is 10.9 Å². The third-order valence-electron chi connectivity index (χ3n) is 6.82. The van der Waals surface area contributed by atoms with E-state index in [0.29, 0.717) is 17.4 Å². The Morgan fingerprint density at radius 3 is 2.17 bits per heavy atom. The Kier molecular flexibility index (Phi) is 4.46. The number of amides is 2. The van der Waals surface area contributed by atoms with Crippen LogP contribution in [0.25, 0.3) is 0 Å². The molecule has 0 unspecified atom stereocenters. The number of Topliss-reactive ketones (excluding diaryl/α,β-unsaturated/α-hetero) is 1. The molecule has 5 aliphatic rings. The van der Waals surface area contributed by atoms with E-state index in [2.05, 4.69) is 28.1 Å². The maximum absolute atomic E-state index is 12.9. The van der Waals surface area contributed by atoms with Crippen molar-refractivity contribution in [3.8, 4) is 0 Å². The molecule has 0 N–H and O–H groups in total. The molecule has 1 heterocycles. The molecule has 0 aromatic heterocycles. The predicted molar refractivity (Wildman–Crippen MR) is 105 cm³/mol. The molecule has 0 radical (unpaired) electrons. The number of halogens is 1. The lowest BCUT2D eigenvalue weighted by atomic mass is 9.63. The van der Waals surface area contributed by atoms with Crippen molar-refractivity contribution in [1.82, 2.24) is 4.90 Å². The Bertz CT molecular complexity index is 903. The zero-order chi connectivity index (χ0) is 20.3. The van der Waals surface area contributed by atoms with Crippen LogP contribution in [0.5, 0.6) is 0 Å². The van der Waals surface area contributed by atoms with Gasteiger partial charge in [-0.25, -0.2) is 0 Å². The number of allylic oxidation sites excluding steroid dienone is 2. The molecule has 1 aromatic rings. The molecule has 7 heteroatoms. The number of rotatable bonds is 6. The smallest absolute Gasteiger partial charge is 0.308 e. The Morgan fingerprint density at radius 1 is 1.00 bits per heavy atom. The summed E-state index contributed by atoms with van der Waals surface area (Å²) in [4.78, 5) is 51.1. The van der Waals surface area contributed by atoms with Gasteiger partial charge < -0.3 is 4.74 Å². The molecule has 6 atom stereocenters. The lowest BCUT2D eigenvalue weighted by molar-refractivity contribution is -0.145. The van der Waals surface area contributed by atoms with Crippen LogP contribution in [-0.4, -0.2) is 41.6 Å². The minimum absolute atomic E-state index is 0.0186. The SMILES string of the molecule is O=C(CCN1C(=O)[C@H]2[C@@H]3C=C[C@H]([C@H]4C[C@H]34)[C@@H]2C1=O)OCC(=O)c1ccc(Br)cc1. The fourth-order valence-electron chi connectivity index (χ4n) is 5.38. The number of hydrogen-bond acceptors (Lipinski definition) is 5. The van der Waals surface area contributed by atoms with Crippen LogP contribution in [0, 0.1) is 35.5 Å². The highest BCUT2D eigenvalue weighted by atomic mass is 79.9. The number of hydrogen-bond donors (Lipinski definition) is 0. The normalized spacial score (nSPS) is 33.5. The third-order valence-corrected chi connectivity index (χ3v) is 7.35. The van der Waals surface area contributed by atoms with Crippen LogP contribution < -0.4 is 0 Å². The van der Waals surface area contributed by atoms with Gasteiger partial charge in [0, 0.05) is 16.6 Å².